The molecule has 2 fully saturated rings. The van der Waals surface area contributed by atoms with Gasteiger partial charge in [-0.3, -0.25) is 9.69 Å². The second-order valence-corrected chi connectivity index (χ2v) is 7.14. The van der Waals surface area contributed by atoms with Gasteiger partial charge in [0.2, 0.25) is 5.91 Å². The first-order chi connectivity index (χ1) is 12.3. The van der Waals surface area contributed by atoms with Gasteiger partial charge < -0.3 is 9.80 Å². The van der Waals surface area contributed by atoms with Gasteiger partial charge in [0.25, 0.3) is 0 Å². The molecule has 3 heterocycles. The van der Waals surface area contributed by atoms with E-state index in [2.05, 4.69) is 9.88 Å². The Labute approximate surface area is 155 Å². The maximum absolute atomic E-state index is 12.7. The van der Waals surface area contributed by atoms with Crippen LogP contribution < -0.4 is 4.90 Å². The van der Waals surface area contributed by atoms with Crippen molar-refractivity contribution in [3.63, 3.8) is 0 Å². The average Bonchev–Trinajstić information content (AvgIpc) is 2.62. The third-order valence-corrected chi connectivity index (χ3v) is 5.17. The van der Waals surface area contributed by atoms with Crippen molar-refractivity contribution in [1.82, 2.24) is 14.8 Å². The molecule has 3 rings (SSSR count). The van der Waals surface area contributed by atoms with Gasteiger partial charge >= 0.3 is 6.18 Å². The van der Waals surface area contributed by atoms with Gasteiger partial charge in [-0.1, -0.05) is 11.6 Å². The number of rotatable bonds is 3. The fraction of sp³-hybridized carbons (Fsp3) is 0.647. The summed E-state index contributed by atoms with van der Waals surface area (Å²) in [5.74, 6) is 0.519. The first kappa shape index (κ1) is 19.2. The van der Waals surface area contributed by atoms with Gasteiger partial charge in [-0.15, -0.1) is 0 Å². The number of likely N-dealkylation sites (tertiary alicyclic amines) is 1. The van der Waals surface area contributed by atoms with E-state index in [0.29, 0.717) is 38.5 Å². The highest BCUT2D eigenvalue weighted by molar-refractivity contribution is 6.33. The zero-order valence-electron chi connectivity index (χ0n) is 14.4. The third-order valence-electron chi connectivity index (χ3n) is 4.89. The van der Waals surface area contributed by atoms with E-state index in [1.807, 2.05) is 9.80 Å². The maximum atomic E-state index is 12.7. The van der Waals surface area contributed by atoms with E-state index < -0.39 is 11.7 Å². The molecular weight excluding hydrogens is 369 g/mol. The van der Waals surface area contributed by atoms with E-state index in [1.165, 1.54) is 6.42 Å². The fourth-order valence-electron chi connectivity index (χ4n) is 3.37. The molecule has 0 atom stereocenters. The number of anilines is 1. The monoisotopic (exact) mass is 390 g/mol. The number of pyridine rings is 1. The summed E-state index contributed by atoms with van der Waals surface area (Å²) in [6.07, 6.45) is -0.325. The van der Waals surface area contributed by atoms with E-state index >= 15 is 0 Å². The van der Waals surface area contributed by atoms with E-state index in [1.54, 1.807) is 0 Å². The highest BCUT2D eigenvalue weighted by Gasteiger charge is 2.32. The highest BCUT2D eigenvalue weighted by Crippen LogP contribution is 2.33. The van der Waals surface area contributed by atoms with Crippen LogP contribution >= 0.6 is 11.6 Å². The van der Waals surface area contributed by atoms with Crippen LogP contribution in [0.25, 0.3) is 0 Å². The zero-order valence-corrected chi connectivity index (χ0v) is 15.2. The van der Waals surface area contributed by atoms with Crippen LogP contribution in [-0.2, 0) is 11.0 Å². The standard InChI is InChI=1S/C17H22ClF3N4O/c18-14-10-13(17(19,20)21)11-22-16(14)25-8-6-23(7-9-25)12-15(26)24-4-2-1-3-5-24/h10-11H,1-9,12H2. The van der Waals surface area contributed by atoms with Gasteiger partial charge in [0, 0.05) is 45.5 Å². The van der Waals surface area contributed by atoms with Crippen molar-refractivity contribution in [2.24, 2.45) is 0 Å². The van der Waals surface area contributed by atoms with Gasteiger partial charge in [0.15, 0.2) is 0 Å². The van der Waals surface area contributed by atoms with E-state index in [-0.39, 0.29) is 10.9 Å². The summed E-state index contributed by atoms with van der Waals surface area (Å²) in [5, 5.41) is -0.00216. The number of carbonyl (C=O) groups excluding carboxylic acids is 1. The summed E-state index contributed by atoms with van der Waals surface area (Å²) in [5.41, 5.74) is -0.850. The molecule has 0 radical (unpaired) electrons. The summed E-state index contributed by atoms with van der Waals surface area (Å²) < 4.78 is 38.1. The van der Waals surface area contributed by atoms with E-state index in [4.69, 9.17) is 11.6 Å². The van der Waals surface area contributed by atoms with Crippen molar-refractivity contribution in [1.29, 1.82) is 0 Å². The maximum Gasteiger partial charge on any atom is 0.417 e. The SMILES string of the molecule is O=C(CN1CCN(c2ncc(C(F)(F)F)cc2Cl)CC1)N1CCCCC1. The van der Waals surface area contributed by atoms with Gasteiger partial charge in [0.05, 0.1) is 17.1 Å². The predicted molar refractivity (Wildman–Crippen MR) is 93.3 cm³/mol. The molecule has 0 bridgehead atoms. The van der Waals surface area contributed by atoms with Crippen molar-refractivity contribution in [2.45, 2.75) is 25.4 Å². The molecule has 2 aliphatic heterocycles. The Bertz CT molecular complexity index is 641. The number of hydrogen-bond acceptors (Lipinski definition) is 4. The zero-order chi connectivity index (χ0) is 18.7. The van der Waals surface area contributed by atoms with Gasteiger partial charge in [-0.2, -0.15) is 13.2 Å². The highest BCUT2D eigenvalue weighted by atomic mass is 35.5. The van der Waals surface area contributed by atoms with Crippen LogP contribution in [0, 0.1) is 0 Å². The van der Waals surface area contributed by atoms with Crippen LogP contribution in [0.5, 0.6) is 0 Å². The molecule has 1 aromatic heterocycles. The number of piperidine rings is 1. The molecule has 144 valence electrons. The molecule has 2 saturated heterocycles. The van der Waals surface area contributed by atoms with Crippen molar-refractivity contribution < 1.29 is 18.0 Å². The lowest BCUT2D eigenvalue weighted by Gasteiger charge is -2.36. The Hall–Kier alpha value is -1.54. The molecule has 0 spiro atoms. The summed E-state index contributed by atoms with van der Waals surface area (Å²) in [6, 6.07) is 0.913. The Morgan fingerprint density at radius 1 is 1.08 bits per heavy atom. The molecule has 2 aliphatic rings. The Balaban J connectivity index is 1.54. The van der Waals surface area contributed by atoms with Gasteiger partial charge in [-0.05, 0) is 25.3 Å². The van der Waals surface area contributed by atoms with Crippen LogP contribution in [0.2, 0.25) is 5.02 Å². The van der Waals surface area contributed by atoms with Crippen molar-refractivity contribution >= 4 is 23.3 Å². The minimum absolute atomic E-state index is 0.00216. The summed E-state index contributed by atoms with van der Waals surface area (Å²) in [4.78, 5) is 22.1. The van der Waals surface area contributed by atoms with Crippen LogP contribution in [0.1, 0.15) is 24.8 Å². The summed E-state index contributed by atoms with van der Waals surface area (Å²) in [6.45, 7) is 4.52. The molecule has 5 nitrogen and oxygen atoms in total. The molecular formula is C17H22ClF3N4O. The van der Waals surface area contributed by atoms with Crippen molar-refractivity contribution in [2.75, 3.05) is 50.7 Å². The molecule has 0 aliphatic carbocycles. The van der Waals surface area contributed by atoms with E-state index in [9.17, 15) is 18.0 Å². The van der Waals surface area contributed by atoms with Crippen LogP contribution in [0.15, 0.2) is 12.3 Å². The van der Waals surface area contributed by atoms with Crippen molar-refractivity contribution in [3.8, 4) is 0 Å². The third kappa shape index (κ3) is 4.59. The summed E-state index contributed by atoms with van der Waals surface area (Å²) in [7, 11) is 0. The predicted octanol–water partition coefficient (Wildman–Crippen LogP) is 2.89. The fourth-order valence-corrected chi connectivity index (χ4v) is 3.66. The number of halogens is 4. The van der Waals surface area contributed by atoms with Gasteiger partial charge in [-0.25, -0.2) is 4.98 Å². The second-order valence-electron chi connectivity index (χ2n) is 6.73. The Morgan fingerprint density at radius 3 is 2.31 bits per heavy atom. The lowest BCUT2D eigenvalue weighted by atomic mass is 10.1. The first-order valence-electron chi connectivity index (χ1n) is 8.82. The molecule has 1 amide bonds. The molecule has 26 heavy (non-hydrogen) atoms. The number of hydrogen-bond donors (Lipinski definition) is 0. The van der Waals surface area contributed by atoms with Gasteiger partial charge in [0.1, 0.15) is 5.82 Å². The van der Waals surface area contributed by atoms with Crippen molar-refractivity contribution in [3.05, 3.63) is 22.8 Å². The Kier molecular flexibility index (Phi) is 5.92. The molecule has 0 N–H and O–H groups in total. The number of aromatic nitrogens is 1. The topological polar surface area (TPSA) is 39.7 Å². The second kappa shape index (κ2) is 8.00. The quantitative estimate of drug-likeness (QED) is 0.795. The first-order valence-corrected chi connectivity index (χ1v) is 9.20. The normalized spacial score (nSPS) is 19.7. The number of piperazine rings is 1. The molecule has 1 aromatic rings. The molecule has 0 unspecified atom stereocenters. The van der Waals surface area contributed by atoms with Crippen LogP contribution in [-0.4, -0.2) is 66.5 Å². The number of nitrogens with zero attached hydrogens (tertiary/aromatic N) is 4. The van der Waals surface area contributed by atoms with Crippen LogP contribution in [0.4, 0.5) is 19.0 Å². The minimum atomic E-state index is -4.46. The lowest BCUT2D eigenvalue weighted by Crippen LogP contribution is -2.51. The number of carbonyl (C=O) groups is 1. The van der Waals surface area contributed by atoms with Crippen LogP contribution in [0.3, 0.4) is 0 Å². The van der Waals surface area contributed by atoms with E-state index in [0.717, 1.165) is 38.2 Å². The number of alkyl halides is 3. The summed E-state index contributed by atoms with van der Waals surface area (Å²) >= 11 is 6.01. The number of amides is 1. The largest absolute Gasteiger partial charge is 0.417 e. The molecule has 0 saturated carbocycles. The smallest absolute Gasteiger partial charge is 0.353 e. The minimum Gasteiger partial charge on any atom is -0.353 e. The molecule has 9 heteroatoms. The average molecular weight is 391 g/mol. The Morgan fingerprint density at radius 2 is 1.73 bits per heavy atom. The lowest BCUT2D eigenvalue weighted by molar-refractivity contribution is -0.137. The molecule has 0 aromatic carbocycles.